The van der Waals surface area contributed by atoms with Crippen LogP contribution in [0.25, 0.3) is 10.6 Å². The minimum atomic E-state index is 0.413. The van der Waals surface area contributed by atoms with E-state index in [9.17, 15) is 0 Å². The highest BCUT2D eigenvalue weighted by molar-refractivity contribution is 7.13. The minimum Gasteiger partial charge on any atom is -0.241 e. The van der Waals surface area contributed by atoms with Gasteiger partial charge in [-0.3, -0.25) is 0 Å². The maximum Gasteiger partial charge on any atom is 0.123 e. The number of halogens is 1. The first-order valence-corrected chi connectivity index (χ1v) is 9.68. The van der Waals surface area contributed by atoms with Crippen LogP contribution in [0, 0.1) is 17.8 Å². The van der Waals surface area contributed by atoms with Crippen LogP contribution in [0.5, 0.6) is 0 Å². The van der Waals surface area contributed by atoms with Gasteiger partial charge in [-0.1, -0.05) is 23.7 Å². The SMILES string of the molecule is Clc1ccc(-c2nc(C34CC5CC(CC(C5)C3)C4)cs2)cc1. The van der Waals surface area contributed by atoms with E-state index >= 15 is 0 Å². The first-order chi connectivity index (χ1) is 10.7. The van der Waals surface area contributed by atoms with Crippen molar-refractivity contribution < 1.29 is 0 Å². The second kappa shape index (κ2) is 4.82. The Kier molecular flexibility index (Phi) is 2.97. The molecule has 1 nitrogen and oxygen atoms in total. The first-order valence-electron chi connectivity index (χ1n) is 8.42. The van der Waals surface area contributed by atoms with Crippen molar-refractivity contribution in [2.75, 3.05) is 0 Å². The second-order valence-corrected chi connectivity index (χ2v) is 9.04. The van der Waals surface area contributed by atoms with Crippen molar-refractivity contribution >= 4 is 22.9 Å². The van der Waals surface area contributed by atoms with Crippen molar-refractivity contribution in [3.05, 3.63) is 40.4 Å². The number of aromatic nitrogens is 1. The van der Waals surface area contributed by atoms with Gasteiger partial charge in [-0.25, -0.2) is 4.98 Å². The van der Waals surface area contributed by atoms with E-state index in [0.29, 0.717) is 5.41 Å². The van der Waals surface area contributed by atoms with Gasteiger partial charge in [0.15, 0.2) is 0 Å². The zero-order chi connectivity index (χ0) is 14.7. The van der Waals surface area contributed by atoms with Gasteiger partial charge in [0.2, 0.25) is 0 Å². The van der Waals surface area contributed by atoms with Crippen molar-refractivity contribution in [2.45, 2.75) is 43.9 Å². The van der Waals surface area contributed by atoms with Gasteiger partial charge in [0.1, 0.15) is 5.01 Å². The monoisotopic (exact) mass is 329 g/mol. The topological polar surface area (TPSA) is 12.9 Å². The van der Waals surface area contributed by atoms with Crippen LogP contribution in [0.2, 0.25) is 5.02 Å². The van der Waals surface area contributed by atoms with Gasteiger partial charge in [0.25, 0.3) is 0 Å². The predicted octanol–water partition coefficient (Wildman–Crippen LogP) is 5.93. The van der Waals surface area contributed by atoms with Gasteiger partial charge in [-0.15, -0.1) is 11.3 Å². The standard InChI is InChI=1S/C19H20ClNS/c20-16-3-1-15(2-4-16)18-21-17(11-22-18)19-8-12-5-13(9-19)7-14(6-12)10-19/h1-4,11-14H,5-10H2. The van der Waals surface area contributed by atoms with Gasteiger partial charge >= 0.3 is 0 Å². The Hall–Kier alpha value is -0.860. The lowest BCUT2D eigenvalue weighted by Crippen LogP contribution is -2.48. The van der Waals surface area contributed by atoms with Gasteiger partial charge in [0.05, 0.1) is 5.69 Å². The molecule has 2 aromatic rings. The van der Waals surface area contributed by atoms with E-state index in [2.05, 4.69) is 17.5 Å². The summed E-state index contributed by atoms with van der Waals surface area (Å²) in [5, 5.41) is 4.29. The van der Waals surface area contributed by atoms with E-state index in [1.54, 1.807) is 11.3 Å². The van der Waals surface area contributed by atoms with Crippen LogP contribution in [-0.4, -0.2) is 4.98 Å². The molecule has 6 rings (SSSR count). The van der Waals surface area contributed by atoms with Gasteiger partial charge < -0.3 is 0 Å². The molecule has 0 saturated heterocycles. The number of benzene rings is 1. The fourth-order valence-electron chi connectivity index (χ4n) is 5.67. The molecular weight excluding hydrogens is 310 g/mol. The number of rotatable bonds is 2. The molecule has 0 amide bonds. The molecule has 114 valence electrons. The van der Waals surface area contributed by atoms with Crippen LogP contribution in [0.3, 0.4) is 0 Å². The third-order valence-electron chi connectivity index (χ3n) is 6.18. The average molecular weight is 330 g/mol. The number of nitrogens with zero attached hydrogens (tertiary/aromatic N) is 1. The number of hydrogen-bond donors (Lipinski definition) is 0. The fourth-order valence-corrected chi connectivity index (χ4v) is 6.74. The molecule has 4 aliphatic rings. The largest absolute Gasteiger partial charge is 0.241 e. The molecule has 4 aliphatic carbocycles. The van der Waals surface area contributed by atoms with Crippen molar-refractivity contribution in [3.8, 4) is 10.6 Å². The Labute approximate surface area is 140 Å². The highest BCUT2D eigenvalue weighted by atomic mass is 35.5. The Morgan fingerprint density at radius 1 is 0.955 bits per heavy atom. The van der Waals surface area contributed by atoms with E-state index < -0.39 is 0 Å². The predicted molar refractivity (Wildman–Crippen MR) is 92.4 cm³/mol. The summed E-state index contributed by atoms with van der Waals surface area (Å²) in [5.41, 5.74) is 3.00. The molecule has 4 fully saturated rings. The smallest absolute Gasteiger partial charge is 0.123 e. The highest BCUT2D eigenvalue weighted by Crippen LogP contribution is 2.60. The number of thiazole rings is 1. The lowest BCUT2D eigenvalue weighted by Gasteiger charge is -2.56. The molecule has 3 heteroatoms. The van der Waals surface area contributed by atoms with Gasteiger partial charge in [-0.05, 0) is 68.4 Å². The third kappa shape index (κ3) is 2.07. The van der Waals surface area contributed by atoms with Crippen LogP contribution in [0.1, 0.15) is 44.2 Å². The first kappa shape index (κ1) is 13.6. The molecule has 1 aromatic heterocycles. The summed E-state index contributed by atoms with van der Waals surface area (Å²) >= 11 is 7.80. The average Bonchev–Trinajstić information content (AvgIpc) is 2.97. The van der Waals surface area contributed by atoms with Crippen molar-refractivity contribution in [3.63, 3.8) is 0 Å². The minimum absolute atomic E-state index is 0.413. The molecule has 1 heterocycles. The van der Waals surface area contributed by atoms with Crippen LogP contribution < -0.4 is 0 Å². The van der Waals surface area contributed by atoms with Crippen molar-refractivity contribution in [2.24, 2.45) is 17.8 Å². The van der Waals surface area contributed by atoms with E-state index in [4.69, 9.17) is 16.6 Å². The van der Waals surface area contributed by atoms with Crippen LogP contribution in [-0.2, 0) is 5.41 Å². The lowest BCUT2D eigenvalue weighted by atomic mass is 9.49. The van der Waals surface area contributed by atoms with E-state index in [-0.39, 0.29) is 0 Å². The Bertz CT molecular complexity index is 667. The summed E-state index contributed by atoms with van der Waals surface area (Å²) in [5.74, 6) is 2.94. The molecule has 0 unspecified atom stereocenters. The molecule has 22 heavy (non-hydrogen) atoms. The molecule has 4 saturated carbocycles. The molecular formula is C19H20ClNS. The quantitative estimate of drug-likeness (QED) is 0.665. The summed E-state index contributed by atoms with van der Waals surface area (Å²) in [6.07, 6.45) is 8.66. The highest BCUT2D eigenvalue weighted by Gasteiger charge is 2.52. The summed E-state index contributed by atoms with van der Waals surface area (Å²) in [6, 6.07) is 8.10. The summed E-state index contributed by atoms with van der Waals surface area (Å²) in [4.78, 5) is 5.08. The van der Waals surface area contributed by atoms with E-state index in [0.717, 1.165) is 27.8 Å². The maximum absolute atomic E-state index is 6.00. The molecule has 0 radical (unpaired) electrons. The maximum atomic E-state index is 6.00. The summed E-state index contributed by atoms with van der Waals surface area (Å²) < 4.78 is 0. The van der Waals surface area contributed by atoms with Crippen LogP contribution >= 0.6 is 22.9 Å². The molecule has 0 spiro atoms. The van der Waals surface area contributed by atoms with Crippen LogP contribution in [0.15, 0.2) is 29.6 Å². The number of hydrogen-bond acceptors (Lipinski definition) is 2. The zero-order valence-corrected chi connectivity index (χ0v) is 14.2. The van der Waals surface area contributed by atoms with Crippen molar-refractivity contribution in [1.82, 2.24) is 4.98 Å². The second-order valence-electron chi connectivity index (χ2n) is 7.74. The molecule has 1 aromatic carbocycles. The van der Waals surface area contributed by atoms with Gasteiger partial charge in [0, 0.05) is 21.4 Å². The van der Waals surface area contributed by atoms with Gasteiger partial charge in [-0.2, -0.15) is 0 Å². The normalized spacial score (nSPS) is 36.0. The van der Waals surface area contributed by atoms with E-state index in [1.165, 1.54) is 49.8 Å². The zero-order valence-electron chi connectivity index (χ0n) is 12.6. The molecule has 4 bridgehead atoms. The summed E-state index contributed by atoms with van der Waals surface area (Å²) in [7, 11) is 0. The Morgan fingerprint density at radius 3 is 2.14 bits per heavy atom. The third-order valence-corrected chi connectivity index (χ3v) is 7.32. The molecule has 0 N–H and O–H groups in total. The fraction of sp³-hybridized carbons (Fsp3) is 0.526. The molecule has 0 aliphatic heterocycles. The Morgan fingerprint density at radius 2 is 1.55 bits per heavy atom. The van der Waals surface area contributed by atoms with Crippen LogP contribution in [0.4, 0.5) is 0 Å². The lowest BCUT2D eigenvalue weighted by molar-refractivity contribution is -0.00689. The Balaban J connectivity index is 1.50. The van der Waals surface area contributed by atoms with E-state index in [1.807, 2.05) is 12.1 Å². The molecule has 0 atom stereocenters. The summed E-state index contributed by atoms with van der Waals surface area (Å²) in [6.45, 7) is 0. The van der Waals surface area contributed by atoms with Crippen molar-refractivity contribution in [1.29, 1.82) is 0 Å².